The maximum atomic E-state index is 13.1. The van der Waals surface area contributed by atoms with E-state index < -0.39 is 0 Å². The van der Waals surface area contributed by atoms with Crippen molar-refractivity contribution in [2.45, 2.75) is 40.4 Å². The Hall–Kier alpha value is -2.95. The molecule has 4 rings (SSSR count). The average molecular weight is 363 g/mol. The number of benzene rings is 2. The van der Waals surface area contributed by atoms with Crippen molar-refractivity contribution >= 4 is 5.91 Å². The van der Waals surface area contributed by atoms with E-state index in [2.05, 4.69) is 18.1 Å². The standard InChI is InChI=1S/C22H22FN3O/c1-14-8-16(3)20(9-15(14)2)22(27)25-12-18-10-24-26(21(18)13-25)11-17-4-6-19(23)7-5-17/h4-10H,11-13H2,1-3H3. The van der Waals surface area contributed by atoms with E-state index in [9.17, 15) is 9.18 Å². The van der Waals surface area contributed by atoms with Gasteiger partial charge < -0.3 is 4.90 Å². The van der Waals surface area contributed by atoms with Crippen LogP contribution < -0.4 is 0 Å². The van der Waals surface area contributed by atoms with E-state index in [1.807, 2.05) is 35.7 Å². The zero-order valence-electron chi connectivity index (χ0n) is 15.8. The van der Waals surface area contributed by atoms with Gasteiger partial charge in [-0.05, 0) is 61.2 Å². The number of aryl methyl sites for hydroxylation is 3. The van der Waals surface area contributed by atoms with Crippen LogP contribution in [-0.4, -0.2) is 20.6 Å². The SMILES string of the molecule is Cc1cc(C)c(C(=O)N2Cc3cnn(Cc4ccc(F)cc4)c3C2)cc1C. The van der Waals surface area contributed by atoms with Crippen LogP contribution in [0.3, 0.4) is 0 Å². The van der Waals surface area contributed by atoms with Crippen LogP contribution in [0.4, 0.5) is 4.39 Å². The first-order chi connectivity index (χ1) is 12.9. The zero-order valence-corrected chi connectivity index (χ0v) is 15.8. The molecule has 3 aromatic rings. The second-order valence-electron chi connectivity index (χ2n) is 7.31. The highest BCUT2D eigenvalue weighted by Gasteiger charge is 2.28. The van der Waals surface area contributed by atoms with Gasteiger partial charge in [0.2, 0.25) is 0 Å². The third-order valence-electron chi connectivity index (χ3n) is 5.34. The predicted molar refractivity (Wildman–Crippen MR) is 102 cm³/mol. The number of hydrogen-bond acceptors (Lipinski definition) is 2. The Labute approximate surface area is 158 Å². The Morgan fingerprint density at radius 2 is 1.74 bits per heavy atom. The van der Waals surface area contributed by atoms with Gasteiger partial charge in [0.25, 0.3) is 5.91 Å². The number of halogens is 1. The van der Waals surface area contributed by atoms with Gasteiger partial charge in [-0.3, -0.25) is 9.48 Å². The Kier molecular flexibility index (Phi) is 4.30. The van der Waals surface area contributed by atoms with Crippen molar-refractivity contribution in [3.63, 3.8) is 0 Å². The minimum Gasteiger partial charge on any atom is -0.328 e. The Morgan fingerprint density at radius 3 is 2.48 bits per heavy atom. The van der Waals surface area contributed by atoms with Gasteiger partial charge in [-0.2, -0.15) is 5.10 Å². The van der Waals surface area contributed by atoms with E-state index in [0.29, 0.717) is 19.6 Å². The first kappa shape index (κ1) is 17.5. The van der Waals surface area contributed by atoms with Gasteiger partial charge in [0, 0.05) is 17.7 Å². The number of fused-ring (bicyclic) bond motifs is 1. The molecule has 0 unspecified atom stereocenters. The minimum atomic E-state index is -0.245. The van der Waals surface area contributed by atoms with Crippen LogP contribution >= 0.6 is 0 Å². The van der Waals surface area contributed by atoms with E-state index in [4.69, 9.17) is 0 Å². The summed E-state index contributed by atoms with van der Waals surface area (Å²) < 4.78 is 15.0. The maximum absolute atomic E-state index is 13.1. The first-order valence-electron chi connectivity index (χ1n) is 9.07. The Morgan fingerprint density at radius 1 is 1.04 bits per heavy atom. The lowest BCUT2D eigenvalue weighted by Gasteiger charge is -2.18. The largest absolute Gasteiger partial charge is 0.328 e. The molecule has 5 heteroatoms. The van der Waals surface area contributed by atoms with Crippen molar-refractivity contribution in [1.82, 2.24) is 14.7 Å². The molecule has 138 valence electrons. The van der Waals surface area contributed by atoms with E-state index in [1.165, 1.54) is 17.7 Å². The molecule has 0 saturated carbocycles. The van der Waals surface area contributed by atoms with E-state index >= 15 is 0 Å². The maximum Gasteiger partial charge on any atom is 0.254 e. The van der Waals surface area contributed by atoms with E-state index in [1.54, 1.807) is 12.1 Å². The smallest absolute Gasteiger partial charge is 0.254 e. The first-order valence-corrected chi connectivity index (χ1v) is 9.07. The molecule has 0 N–H and O–H groups in total. The van der Waals surface area contributed by atoms with Gasteiger partial charge in [0.05, 0.1) is 25.0 Å². The summed E-state index contributed by atoms with van der Waals surface area (Å²) in [4.78, 5) is 14.9. The highest BCUT2D eigenvalue weighted by atomic mass is 19.1. The summed E-state index contributed by atoms with van der Waals surface area (Å²) in [5.74, 6) is -0.190. The molecule has 0 saturated heterocycles. The molecule has 1 aromatic heterocycles. The lowest BCUT2D eigenvalue weighted by Crippen LogP contribution is -2.27. The highest BCUT2D eigenvalue weighted by molar-refractivity contribution is 5.96. The van der Waals surface area contributed by atoms with Crippen molar-refractivity contribution in [3.05, 3.63) is 87.5 Å². The van der Waals surface area contributed by atoms with Gasteiger partial charge in [-0.15, -0.1) is 0 Å². The van der Waals surface area contributed by atoms with Crippen LogP contribution in [0.15, 0.2) is 42.6 Å². The second-order valence-corrected chi connectivity index (χ2v) is 7.31. The van der Waals surface area contributed by atoms with Crippen molar-refractivity contribution in [2.24, 2.45) is 0 Å². The molecule has 0 atom stereocenters. The molecule has 0 spiro atoms. The summed E-state index contributed by atoms with van der Waals surface area (Å²) in [5, 5.41) is 4.45. The lowest BCUT2D eigenvalue weighted by atomic mass is 10.00. The van der Waals surface area contributed by atoms with Crippen LogP contribution in [0.2, 0.25) is 0 Å². The highest BCUT2D eigenvalue weighted by Crippen LogP contribution is 2.26. The molecular formula is C22H22FN3O. The fraction of sp³-hybridized carbons (Fsp3) is 0.273. The molecule has 4 nitrogen and oxygen atoms in total. The summed E-state index contributed by atoms with van der Waals surface area (Å²) in [7, 11) is 0. The summed E-state index contributed by atoms with van der Waals surface area (Å²) >= 11 is 0. The quantitative estimate of drug-likeness (QED) is 0.701. The number of amides is 1. The van der Waals surface area contributed by atoms with Gasteiger partial charge in [0.1, 0.15) is 5.82 Å². The molecule has 2 aromatic carbocycles. The molecule has 1 amide bonds. The van der Waals surface area contributed by atoms with Crippen molar-refractivity contribution in [1.29, 1.82) is 0 Å². The average Bonchev–Trinajstić information content (AvgIpc) is 3.21. The van der Waals surface area contributed by atoms with Crippen LogP contribution in [0, 0.1) is 26.6 Å². The predicted octanol–water partition coefficient (Wildman–Crippen LogP) is 4.15. The molecular weight excluding hydrogens is 341 g/mol. The number of rotatable bonds is 3. The van der Waals surface area contributed by atoms with Crippen molar-refractivity contribution < 1.29 is 9.18 Å². The number of aromatic nitrogens is 2. The van der Waals surface area contributed by atoms with Crippen molar-refractivity contribution in [2.75, 3.05) is 0 Å². The Balaban J connectivity index is 1.55. The van der Waals surface area contributed by atoms with Gasteiger partial charge in [-0.1, -0.05) is 18.2 Å². The molecule has 1 aliphatic heterocycles. The zero-order chi connectivity index (χ0) is 19.1. The number of carbonyl (C=O) groups is 1. The summed E-state index contributed by atoms with van der Waals surface area (Å²) in [6.45, 7) is 7.77. The fourth-order valence-electron chi connectivity index (χ4n) is 3.61. The number of hydrogen-bond donors (Lipinski definition) is 0. The topological polar surface area (TPSA) is 38.1 Å². The monoisotopic (exact) mass is 363 g/mol. The molecule has 1 aliphatic rings. The third kappa shape index (κ3) is 3.25. The fourth-order valence-corrected chi connectivity index (χ4v) is 3.61. The van der Waals surface area contributed by atoms with Crippen LogP contribution in [0.25, 0.3) is 0 Å². The van der Waals surface area contributed by atoms with Crippen LogP contribution in [0.1, 0.15) is 43.9 Å². The summed E-state index contributed by atoms with van der Waals surface area (Å²) in [6.07, 6.45) is 1.83. The van der Waals surface area contributed by atoms with E-state index in [-0.39, 0.29) is 11.7 Å². The summed E-state index contributed by atoms with van der Waals surface area (Å²) in [5.41, 5.74) is 7.21. The lowest BCUT2D eigenvalue weighted by molar-refractivity contribution is 0.0747. The van der Waals surface area contributed by atoms with Crippen LogP contribution in [-0.2, 0) is 19.6 Å². The molecule has 0 radical (unpaired) electrons. The number of carbonyl (C=O) groups excluding carboxylic acids is 1. The summed E-state index contributed by atoms with van der Waals surface area (Å²) in [6, 6.07) is 10.5. The van der Waals surface area contributed by atoms with Gasteiger partial charge >= 0.3 is 0 Å². The van der Waals surface area contributed by atoms with E-state index in [0.717, 1.165) is 33.5 Å². The Bertz CT molecular complexity index is 1020. The molecule has 0 fully saturated rings. The minimum absolute atomic E-state index is 0.0557. The molecule has 0 bridgehead atoms. The van der Waals surface area contributed by atoms with Gasteiger partial charge in [0.15, 0.2) is 0 Å². The van der Waals surface area contributed by atoms with Crippen LogP contribution in [0.5, 0.6) is 0 Å². The molecule has 0 aliphatic carbocycles. The third-order valence-corrected chi connectivity index (χ3v) is 5.34. The molecule has 27 heavy (non-hydrogen) atoms. The second kappa shape index (κ2) is 6.65. The van der Waals surface area contributed by atoms with Gasteiger partial charge in [-0.25, -0.2) is 4.39 Å². The normalized spacial score (nSPS) is 13.1. The van der Waals surface area contributed by atoms with Crippen molar-refractivity contribution in [3.8, 4) is 0 Å². The number of nitrogens with zero attached hydrogens (tertiary/aromatic N) is 3. The molecule has 2 heterocycles.